The van der Waals surface area contributed by atoms with E-state index in [-0.39, 0.29) is 11.9 Å². The highest BCUT2D eigenvalue weighted by Crippen LogP contribution is 2.54. The van der Waals surface area contributed by atoms with Crippen molar-refractivity contribution in [3.05, 3.63) is 93.5 Å². The smallest absolute Gasteiger partial charge is 0.122 e. The molecule has 4 N–H and O–H groups in total. The van der Waals surface area contributed by atoms with Crippen molar-refractivity contribution in [2.45, 2.75) is 32.2 Å². The number of fused-ring (bicyclic) bond motifs is 5. The zero-order chi connectivity index (χ0) is 21.0. The Morgan fingerprint density at radius 2 is 1.80 bits per heavy atom. The van der Waals surface area contributed by atoms with E-state index in [4.69, 9.17) is 15.9 Å². The molecular formula is C26H27N3O. The van der Waals surface area contributed by atoms with E-state index in [1.165, 1.54) is 27.8 Å². The first-order valence-corrected chi connectivity index (χ1v) is 10.5. The maximum atomic E-state index is 7.90. The summed E-state index contributed by atoms with van der Waals surface area (Å²) in [5, 5.41) is 11.7. The van der Waals surface area contributed by atoms with Crippen molar-refractivity contribution in [1.82, 2.24) is 0 Å². The molecule has 1 heterocycles. The molecule has 152 valence electrons. The summed E-state index contributed by atoms with van der Waals surface area (Å²) in [5.74, 6) is 1.75. The number of methoxy groups -OCH3 is 1. The van der Waals surface area contributed by atoms with Gasteiger partial charge in [0, 0.05) is 17.2 Å². The molecular weight excluding hydrogens is 370 g/mol. The molecule has 5 rings (SSSR count). The lowest BCUT2D eigenvalue weighted by molar-refractivity contribution is 0.406. The summed E-state index contributed by atoms with van der Waals surface area (Å²) in [6.45, 7) is 4.28. The quantitative estimate of drug-likeness (QED) is 0.427. The number of benzene rings is 3. The molecule has 0 bridgehead atoms. The second-order valence-corrected chi connectivity index (χ2v) is 8.56. The van der Waals surface area contributed by atoms with Crippen LogP contribution in [0.4, 0.5) is 5.69 Å². The van der Waals surface area contributed by atoms with Gasteiger partial charge in [0.25, 0.3) is 0 Å². The SMILES string of the molecule is COc1cc(C)c(C2Nc3ccc(C(=N)N)cc3C3c4ccccc4CC23)cc1C. The average molecular weight is 398 g/mol. The first kappa shape index (κ1) is 18.7. The van der Waals surface area contributed by atoms with E-state index in [9.17, 15) is 0 Å². The third-order valence-electron chi connectivity index (χ3n) is 6.83. The second-order valence-electron chi connectivity index (χ2n) is 8.56. The Labute approximate surface area is 177 Å². The fraction of sp³-hybridized carbons (Fsp3) is 0.269. The lowest BCUT2D eigenvalue weighted by Crippen LogP contribution is -2.31. The highest BCUT2D eigenvalue weighted by atomic mass is 16.5. The van der Waals surface area contributed by atoms with Gasteiger partial charge in [0.2, 0.25) is 0 Å². The Hall–Kier alpha value is -3.27. The van der Waals surface area contributed by atoms with Crippen LogP contribution in [0.15, 0.2) is 54.6 Å². The molecule has 1 aliphatic carbocycles. The van der Waals surface area contributed by atoms with Gasteiger partial charge < -0.3 is 15.8 Å². The van der Waals surface area contributed by atoms with Gasteiger partial charge in [-0.3, -0.25) is 5.41 Å². The minimum atomic E-state index is 0.115. The summed E-state index contributed by atoms with van der Waals surface area (Å²) in [6, 6.07) is 19.6. The number of aryl methyl sites for hydroxylation is 2. The molecule has 4 heteroatoms. The first-order valence-electron chi connectivity index (χ1n) is 10.5. The lowest BCUT2D eigenvalue weighted by atomic mass is 9.74. The summed E-state index contributed by atoms with van der Waals surface area (Å²) in [5.41, 5.74) is 15.5. The molecule has 0 saturated carbocycles. The number of hydrogen-bond donors (Lipinski definition) is 3. The van der Waals surface area contributed by atoms with E-state index in [1.807, 2.05) is 6.07 Å². The molecule has 30 heavy (non-hydrogen) atoms. The molecule has 1 aliphatic heterocycles. The van der Waals surface area contributed by atoms with Crippen LogP contribution >= 0.6 is 0 Å². The van der Waals surface area contributed by atoms with Gasteiger partial charge in [-0.2, -0.15) is 0 Å². The Morgan fingerprint density at radius 3 is 2.57 bits per heavy atom. The van der Waals surface area contributed by atoms with Crippen LogP contribution in [0.25, 0.3) is 0 Å². The Balaban J connectivity index is 1.69. The number of nitrogens with one attached hydrogen (secondary N) is 2. The van der Waals surface area contributed by atoms with Gasteiger partial charge in [0.1, 0.15) is 11.6 Å². The zero-order valence-corrected chi connectivity index (χ0v) is 17.6. The van der Waals surface area contributed by atoms with Crippen LogP contribution in [-0.4, -0.2) is 12.9 Å². The molecule has 0 fully saturated rings. The molecule has 0 aromatic heterocycles. The van der Waals surface area contributed by atoms with E-state index < -0.39 is 0 Å². The number of hydrogen-bond acceptors (Lipinski definition) is 3. The molecule has 0 amide bonds. The minimum Gasteiger partial charge on any atom is -0.496 e. The van der Waals surface area contributed by atoms with Gasteiger partial charge in [-0.05, 0) is 83.8 Å². The van der Waals surface area contributed by atoms with Crippen molar-refractivity contribution in [3.63, 3.8) is 0 Å². The molecule has 0 radical (unpaired) electrons. The van der Waals surface area contributed by atoms with Crippen molar-refractivity contribution in [1.29, 1.82) is 5.41 Å². The number of amidine groups is 1. The summed E-state index contributed by atoms with van der Waals surface area (Å²) in [7, 11) is 1.73. The van der Waals surface area contributed by atoms with Crippen LogP contribution in [0.2, 0.25) is 0 Å². The van der Waals surface area contributed by atoms with Crippen LogP contribution in [0.1, 0.15) is 50.9 Å². The van der Waals surface area contributed by atoms with Crippen molar-refractivity contribution < 1.29 is 4.74 Å². The van der Waals surface area contributed by atoms with Crippen LogP contribution in [0.5, 0.6) is 5.75 Å². The van der Waals surface area contributed by atoms with E-state index in [0.717, 1.165) is 29.0 Å². The molecule has 2 aliphatic rings. The largest absolute Gasteiger partial charge is 0.496 e. The van der Waals surface area contributed by atoms with Crippen LogP contribution in [0, 0.1) is 25.2 Å². The fourth-order valence-electron chi connectivity index (χ4n) is 5.40. The number of anilines is 1. The summed E-state index contributed by atoms with van der Waals surface area (Å²) < 4.78 is 5.54. The van der Waals surface area contributed by atoms with Gasteiger partial charge in [-0.15, -0.1) is 0 Å². The van der Waals surface area contributed by atoms with Crippen LogP contribution in [-0.2, 0) is 6.42 Å². The number of rotatable bonds is 3. The molecule has 3 aromatic carbocycles. The van der Waals surface area contributed by atoms with Gasteiger partial charge in [0.05, 0.1) is 13.2 Å². The fourth-order valence-corrected chi connectivity index (χ4v) is 5.40. The second kappa shape index (κ2) is 6.91. The molecule has 3 unspecified atom stereocenters. The summed E-state index contributed by atoms with van der Waals surface area (Å²) in [4.78, 5) is 0. The third-order valence-corrected chi connectivity index (χ3v) is 6.83. The van der Waals surface area contributed by atoms with Crippen molar-refractivity contribution in [2.24, 2.45) is 11.7 Å². The number of ether oxygens (including phenoxy) is 1. The molecule has 0 spiro atoms. The number of nitrogen functional groups attached to an aromatic ring is 1. The van der Waals surface area contributed by atoms with Crippen LogP contribution in [0.3, 0.4) is 0 Å². The maximum absolute atomic E-state index is 7.90. The van der Waals surface area contributed by atoms with Crippen LogP contribution < -0.4 is 15.8 Å². The number of nitrogens with two attached hydrogens (primary N) is 1. The molecule has 4 nitrogen and oxygen atoms in total. The Bertz CT molecular complexity index is 1170. The predicted octanol–water partition coefficient (Wildman–Crippen LogP) is 5.07. The maximum Gasteiger partial charge on any atom is 0.122 e. The Kier molecular flexibility index (Phi) is 4.31. The van der Waals surface area contributed by atoms with E-state index in [0.29, 0.717) is 11.8 Å². The lowest BCUT2D eigenvalue weighted by Gasteiger charge is -2.39. The predicted molar refractivity (Wildman–Crippen MR) is 122 cm³/mol. The van der Waals surface area contributed by atoms with E-state index in [2.05, 4.69) is 67.7 Å². The average Bonchev–Trinajstić information content (AvgIpc) is 3.14. The summed E-state index contributed by atoms with van der Waals surface area (Å²) >= 11 is 0. The third kappa shape index (κ3) is 2.78. The minimum absolute atomic E-state index is 0.115. The highest BCUT2D eigenvalue weighted by molar-refractivity contribution is 5.95. The monoisotopic (exact) mass is 397 g/mol. The van der Waals surface area contributed by atoms with Gasteiger partial charge in [-0.25, -0.2) is 0 Å². The van der Waals surface area contributed by atoms with Crippen molar-refractivity contribution >= 4 is 11.5 Å². The Morgan fingerprint density at radius 1 is 1.00 bits per heavy atom. The first-order chi connectivity index (χ1) is 14.5. The molecule has 0 saturated heterocycles. The highest BCUT2D eigenvalue weighted by Gasteiger charge is 2.43. The standard InChI is InChI=1S/C26H27N3O/c1-14-11-23(30-3)15(2)10-19(14)25-21-12-16-6-4-5-7-18(16)24(21)20-13-17(26(27)28)8-9-22(20)29-25/h4-11,13,21,24-25,29H,12H2,1-3H3,(H3,27,28). The van der Waals surface area contributed by atoms with E-state index >= 15 is 0 Å². The van der Waals surface area contributed by atoms with Gasteiger partial charge >= 0.3 is 0 Å². The molecule has 3 aromatic rings. The van der Waals surface area contributed by atoms with E-state index in [1.54, 1.807) is 7.11 Å². The summed E-state index contributed by atoms with van der Waals surface area (Å²) in [6.07, 6.45) is 1.03. The normalized spacial score (nSPS) is 21.2. The molecule has 3 atom stereocenters. The topological polar surface area (TPSA) is 71.1 Å². The van der Waals surface area contributed by atoms with Gasteiger partial charge in [-0.1, -0.05) is 30.3 Å². The zero-order valence-electron chi connectivity index (χ0n) is 17.6. The van der Waals surface area contributed by atoms with Gasteiger partial charge in [0.15, 0.2) is 0 Å². The van der Waals surface area contributed by atoms with Crippen molar-refractivity contribution in [3.8, 4) is 5.75 Å². The van der Waals surface area contributed by atoms with Crippen molar-refractivity contribution in [2.75, 3.05) is 12.4 Å².